The molecule has 5 nitrogen and oxygen atoms in total. The summed E-state index contributed by atoms with van der Waals surface area (Å²) in [4.78, 5) is 12.7. The first-order valence-electron chi connectivity index (χ1n) is 9.77. The van der Waals surface area contributed by atoms with Crippen LogP contribution in [0.5, 0.6) is 0 Å². The van der Waals surface area contributed by atoms with Gasteiger partial charge in [-0.25, -0.2) is 4.68 Å². The molecule has 1 amide bonds. The number of rotatable bonds is 4. The van der Waals surface area contributed by atoms with Gasteiger partial charge in [-0.3, -0.25) is 4.79 Å². The number of para-hydroxylation sites is 1. The predicted octanol–water partition coefficient (Wildman–Crippen LogP) is 3.03. The Labute approximate surface area is 155 Å². The molecule has 0 radical (unpaired) electrons. The van der Waals surface area contributed by atoms with Crippen LogP contribution in [0, 0.1) is 19.8 Å². The fourth-order valence-corrected chi connectivity index (χ4v) is 4.57. The van der Waals surface area contributed by atoms with Gasteiger partial charge in [0.2, 0.25) is 5.91 Å². The summed E-state index contributed by atoms with van der Waals surface area (Å²) >= 11 is 0. The largest absolute Gasteiger partial charge is 0.351 e. The molecule has 26 heavy (non-hydrogen) atoms. The van der Waals surface area contributed by atoms with Crippen LogP contribution in [0.3, 0.4) is 0 Å². The van der Waals surface area contributed by atoms with Crippen molar-refractivity contribution < 1.29 is 4.79 Å². The van der Waals surface area contributed by atoms with Gasteiger partial charge >= 0.3 is 0 Å². The summed E-state index contributed by atoms with van der Waals surface area (Å²) in [6.07, 6.45) is 6.07. The van der Waals surface area contributed by atoms with Crippen molar-refractivity contribution in [1.29, 1.82) is 0 Å². The van der Waals surface area contributed by atoms with Crippen LogP contribution >= 0.6 is 0 Å². The van der Waals surface area contributed by atoms with Gasteiger partial charge in [0.05, 0.1) is 17.4 Å². The van der Waals surface area contributed by atoms with Crippen LogP contribution in [-0.4, -0.2) is 27.8 Å². The lowest BCUT2D eigenvalue weighted by molar-refractivity contribution is -0.123. The maximum Gasteiger partial charge on any atom is 0.237 e. The monoisotopic (exact) mass is 352 g/mol. The van der Waals surface area contributed by atoms with E-state index in [9.17, 15) is 4.79 Å². The summed E-state index contributed by atoms with van der Waals surface area (Å²) in [7, 11) is 0. The number of fused-ring (bicyclic) bond motifs is 1. The second-order valence-electron chi connectivity index (χ2n) is 7.79. The first-order chi connectivity index (χ1) is 12.6. The molecule has 138 valence electrons. The number of amides is 1. The number of carbonyl (C=O) groups is 1. The highest BCUT2D eigenvalue weighted by Crippen LogP contribution is 2.33. The topological polar surface area (TPSA) is 59.0 Å². The average Bonchev–Trinajstić information content (AvgIpc) is 3.22. The molecule has 1 aliphatic carbocycles. The standard InChI is InChI=1S/C21H28N4O/c1-14-11-15(2)25(24-14)20-10-6-4-8-17(20)13-22-21(26)19-12-16-7-3-5-9-18(16)23-19/h4,6,8,10-11,16,18-19,23H,3,5,7,9,12-13H2,1-2H3,(H,22,26). The summed E-state index contributed by atoms with van der Waals surface area (Å²) in [6, 6.07) is 10.7. The fraction of sp³-hybridized carbons (Fsp3) is 0.524. The van der Waals surface area contributed by atoms with Crippen molar-refractivity contribution in [3.05, 3.63) is 47.3 Å². The second kappa shape index (κ2) is 7.23. The highest BCUT2D eigenvalue weighted by Gasteiger charge is 2.38. The van der Waals surface area contributed by atoms with Gasteiger partial charge in [-0.15, -0.1) is 0 Å². The molecule has 1 aromatic carbocycles. The summed E-state index contributed by atoms with van der Waals surface area (Å²) in [5, 5.41) is 11.3. The minimum absolute atomic E-state index is 0.0380. The molecule has 2 N–H and O–H groups in total. The third-order valence-electron chi connectivity index (χ3n) is 5.86. The van der Waals surface area contributed by atoms with E-state index in [-0.39, 0.29) is 11.9 Å². The third-order valence-corrected chi connectivity index (χ3v) is 5.86. The maximum atomic E-state index is 12.7. The van der Waals surface area contributed by atoms with Gasteiger partial charge in [0, 0.05) is 18.3 Å². The molecule has 1 saturated carbocycles. The number of aromatic nitrogens is 2. The van der Waals surface area contributed by atoms with E-state index < -0.39 is 0 Å². The molecular formula is C21H28N4O. The van der Waals surface area contributed by atoms with Gasteiger partial charge in [-0.1, -0.05) is 31.0 Å². The van der Waals surface area contributed by atoms with E-state index in [0.29, 0.717) is 18.5 Å². The number of aryl methyl sites for hydroxylation is 2. The van der Waals surface area contributed by atoms with Gasteiger partial charge in [0.15, 0.2) is 0 Å². The Kier molecular flexibility index (Phi) is 4.81. The highest BCUT2D eigenvalue weighted by atomic mass is 16.2. The summed E-state index contributed by atoms with van der Waals surface area (Å²) in [5.41, 5.74) is 4.22. The van der Waals surface area contributed by atoms with Gasteiger partial charge in [0.1, 0.15) is 0 Å². The number of benzene rings is 1. The zero-order chi connectivity index (χ0) is 18.1. The van der Waals surface area contributed by atoms with E-state index in [4.69, 9.17) is 0 Å². The molecule has 2 aromatic rings. The van der Waals surface area contributed by atoms with Gasteiger partial charge in [0.25, 0.3) is 0 Å². The minimum Gasteiger partial charge on any atom is -0.351 e. The van der Waals surface area contributed by atoms with Gasteiger partial charge in [-0.05, 0) is 56.7 Å². The summed E-state index contributed by atoms with van der Waals surface area (Å²) < 4.78 is 1.96. The van der Waals surface area contributed by atoms with Crippen molar-refractivity contribution in [2.75, 3.05) is 0 Å². The predicted molar refractivity (Wildman–Crippen MR) is 102 cm³/mol. The van der Waals surface area contributed by atoms with Crippen LogP contribution < -0.4 is 10.6 Å². The van der Waals surface area contributed by atoms with Crippen molar-refractivity contribution in [2.24, 2.45) is 5.92 Å². The molecule has 4 rings (SSSR count). The average molecular weight is 352 g/mol. The Morgan fingerprint density at radius 1 is 1.27 bits per heavy atom. The lowest BCUT2D eigenvalue weighted by atomic mass is 9.85. The minimum atomic E-state index is -0.0380. The first kappa shape index (κ1) is 17.3. The zero-order valence-electron chi connectivity index (χ0n) is 15.7. The van der Waals surface area contributed by atoms with E-state index in [1.165, 1.54) is 25.7 Å². The normalized spacial score (nSPS) is 25.1. The molecule has 1 aliphatic heterocycles. The van der Waals surface area contributed by atoms with Gasteiger partial charge in [-0.2, -0.15) is 5.10 Å². The Morgan fingerprint density at radius 2 is 2.08 bits per heavy atom. The lowest BCUT2D eigenvalue weighted by Gasteiger charge is -2.24. The van der Waals surface area contributed by atoms with E-state index in [1.54, 1.807) is 0 Å². The molecule has 2 aliphatic rings. The van der Waals surface area contributed by atoms with Crippen LogP contribution in [0.25, 0.3) is 5.69 Å². The van der Waals surface area contributed by atoms with Crippen LogP contribution in [0.2, 0.25) is 0 Å². The SMILES string of the molecule is Cc1cc(C)n(-c2ccccc2CNC(=O)C2CC3CCCCC3N2)n1. The number of nitrogens with zero attached hydrogens (tertiary/aromatic N) is 2. The fourth-order valence-electron chi connectivity index (χ4n) is 4.57. The number of carbonyl (C=O) groups excluding carboxylic acids is 1. The van der Waals surface area contributed by atoms with Crippen molar-refractivity contribution in [3.8, 4) is 5.69 Å². The van der Waals surface area contributed by atoms with Crippen molar-refractivity contribution in [3.63, 3.8) is 0 Å². The Morgan fingerprint density at radius 3 is 2.85 bits per heavy atom. The quantitative estimate of drug-likeness (QED) is 0.889. The molecule has 1 aromatic heterocycles. The molecule has 0 spiro atoms. The Hall–Kier alpha value is -2.14. The van der Waals surface area contributed by atoms with Crippen molar-refractivity contribution in [2.45, 2.75) is 64.6 Å². The Balaban J connectivity index is 1.44. The molecule has 2 heterocycles. The number of hydrogen-bond acceptors (Lipinski definition) is 3. The Bertz CT molecular complexity index is 783. The molecule has 3 atom stereocenters. The van der Waals surface area contributed by atoms with Crippen LogP contribution in [0.4, 0.5) is 0 Å². The first-order valence-corrected chi connectivity index (χ1v) is 9.77. The molecule has 5 heteroatoms. The lowest BCUT2D eigenvalue weighted by Crippen LogP contribution is -2.43. The third kappa shape index (κ3) is 3.40. The highest BCUT2D eigenvalue weighted by molar-refractivity contribution is 5.82. The van der Waals surface area contributed by atoms with Crippen molar-refractivity contribution in [1.82, 2.24) is 20.4 Å². The molecule has 3 unspecified atom stereocenters. The molecule has 0 bridgehead atoms. The van der Waals surface area contributed by atoms with Crippen molar-refractivity contribution >= 4 is 5.91 Å². The van der Waals surface area contributed by atoms with E-state index >= 15 is 0 Å². The second-order valence-corrected chi connectivity index (χ2v) is 7.79. The van der Waals surface area contributed by atoms with Gasteiger partial charge < -0.3 is 10.6 Å². The summed E-state index contributed by atoms with van der Waals surface area (Å²) in [6.45, 7) is 4.58. The molecular weight excluding hydrogens is 324 g/mol. The number of hydrogen-bond donors (Lipinski definition) is 2. The molecule has 1 saturated heterocycles. The van der Waals surface area contributed by atoms with E-state index in [1.807, 2.05) is 23.7 Å². The zero-order valence-corrected chi connectivity index (χ0v) is 15.7. The maximum absolute atomic E-state index is 12.7. The number of nitrogens with one attached hydrogen (secondary N) is 2. The van der Waals surface area contributed by atoms with E-state index in [2.05, 4.69) is 40.9 Å². The van der Waals surface area contributed by atoms with Crippen LogP contribution in [0.1, 0.15) is 49.1 Å². The molecule has 2 fully saturated rings. The smallest absolute Gasteiger partial charge is 0.237 e. The van der Waals surface area contributed by atoms with Crippen LogP contribution in [-0.2, 0) is 11.3 Å². The van der Waals surface area contributed by atoms with E-state index in [0.717, 1.165) is 29.1 Å². The summed E-state index contributed by atoms with van der Waals surface area (Å²) in [5.74, 6) is 0.809. The van der Waals surface area contributed by atoms with Crippen LogP contribution in [0.15, 0.2) is 30.3 Å².